The maximum absolute atomic E-state index is 5.35. The molecule has 0 fully saturated rings. The van der Waals surface area contributed by atoms with Gasteiger partial charge in [0.1, 0.15) is 0 Å². The van der Waals surface area contributed by atoms with Gasteiger partial charge in [-0.1, -0.05) is 78.9 Å². The highest BCUT2D eigenvalue weighted by atomic mass is 14.7. The normalized spacial score (nSPS) is 11.7. The molecule has 0 amide bonds. The Morgan fingerprint density at radius 3 is 2.16 bits per heavy atom. The van der Waals surface area contributed by atoms with Crippen molar-refractivity contribution >= 4 is 54.1 Å². The lowest BCUT2D eigenvalue weighted by atomic mass is 9.93. The van der Waals surface area contributed by atoms with Crippen LogP contribution in [0.25, 0.3) is 76.5 Å². The quantitative estimate of drug-likeness (QED) is 0.230. The van der Waals surface area contributed by atoms with Crippen molar-refractivity contribution < 1.29 is 0 Å². The predicted octanol–water partition coefficient (Wildman–Crippen LogP) is 8.97. The van der Waals surface area contributed by atoms with Crippen LogP contribution < -0.4 is 0 Å². The summed E-state index contributed by atoms with van der Waals surface area (Å²) in [5, 5.41) is 9.45. The monoisotopic (exact) mass is 483 g/mol. The molecule has 3 heteroatoms. The zero-order chi connectivity index (χ0) is 25.1. The minimum absolute atomic E-state index is 0.950. The molecule has 176 valence electrons. The van der Waals surface area contributed by atoms with Gasteiger partial charge in [0.15, 0.2) is 0 Å². The molecule has 0 unspecified atom stereocenters. The first-order valence-corrected chi connectivity index (χ1v) is 12.8. The van der Waals surface area contributed by atoms with Crippen molar-refractivity contribution in [3.63, 3.8) is 0 Å². The predicted molar refractivity (Wildman–Crippen MR) is 158 cm³/mol. The number of hydrogen-bond acceptors (Lipinski definition) is 3. The van der Waals surface area contributed by atoms with Gasteiger partial charge in [0, 0.05) is 51.3 Å². The van der Waals surface area contributed by atoms with E-state index in [2.05, 4.69) is 102 Å². The maximum Gasteiger partial charge on any atom is 0.0801 e. The third kappa shape index (κ3) is 3.12. The molecule has 8 rings (SSSR count). The van der Waals surface area contributed by atoms with Gasteiger partial charge in [-0.05, 0) is 57.4 Å². The third-order valence-corrected chi connectivity index (χ3v) is 7.56. The molecule has 0 saturated carbocycles. The smallest absolute Gasteiger partial charge is 0.0801 e. The first-order valence-electron chi connectivity index (χ1n) is 12.8. The Labute approximate surface area is 219 Å². The first-order chi connectivity index (χ1) is 18.8. The largest absolute Gasteiger partial charge is 0.264 e. The van der Waals surface area contributed by atoms with Gasteiger partial charge in [-0.15, -0.1) is 0 Å². The van der Waals surface area contributed by atoms with Gasteiger partial charge in [-0.2, -0.15) is 0 Å². The molecule has 5 aromatic carbocycles. The van der Waals surface area contributed by atoms with E-state index in [0.717, 1.165) is 55.0 Å². The summed E-state index contributed by atoms with van der Waals surface area (Å²) in [5.74, 6) is 0. The van der Waals surface area contributed by atoms with Crippen molar-refractivity contribution in [1.82, 2.24) is 15.0 Å². The molecule has 8 aromatic rings. The number of benzene rings is 5. The van der Waals surface area contributed by atoms with Gasteiger partial charge in [-0.3, -0.25) is 9.97 Å². The number of hydrogen-bond donors (Lipinski definition) is 0. The van der Waals surface area contributed by atoms with Crippen LogP contribution in [-0.2, 0) is 0 Å². The van der Waals surface area contributed by atoms with Crippen LogP contribution in [0.5, 0.6) is 0 Å². The van der Waals surface area contributed by atoms with E-state index in [1.165, 1.54) is 21.5 Å². The highest BCUT2D eigenvalue weighted by molar-refractivity contribution is 6.31. The number of nitrogens with zero attached hydrogens (tertiary/aromatic N) is 3. The zero-order valence-electron chi connectivity index (χ0n) is 20.5. The van der Waals surface area contributed by atoms with Gasteiger partial charge >= 0.3 is 0 Å². The van der Waals surface area contributed by atoms with Gasteiger partial charge in [0.05, 0.1) is 16.7 Å². The molecular formula is C35H21N3. The Kier molecular flexibility index (Phi) is 4.52. The summed E-state index contributed by atoms with van der Waals surface area (Å²) in [4.78, 5) is 14.5. The highest BCUT2D eigenvalue weighted by Gasteiger charge is 2.15. The minimum Gasteiger partial charge on any atom is -0.264 e. The fraction of sp³-hybridized carbons (Fsp3) is 0. The van der Waals surface area contributed by atoms with E-state index in [9.17, 15) is 0 Å². The number of aromatic nitrogens is 3. The Hall–Kier alpha value is -5.15. The van der Waals surface area contributed by atoms with Crippen molar-refractivity contribution in [1.29, 1.82) is 0 Å². The summed E-state index contributed by atoms with van der Waals surface area (Å²) in [7, 11) is 0. The van der Waals surface area contributed by atoms with Gasteiger partial charge in [0.25, 0.3) is 0 Å². The summed E-state index contributed by atoms with van der Waals surface area (Å²) in [6.45, 7) is 0. The van der Waals surface area contributed by atoms with Crippen molar-refractivity contribution in [3.05, 3.63) is 128 Å². The fourth-order valence-corrected chi connectivity index (χ4v) is 5.80. The Balaban J connectivity index is 1.48. The second-order valence-corrected chi connectivity index (χ2v) is 9.68. The fourth-order valence-electron chi connectivity index (χ4n) is 5.80. The molecule has 0 aliphatic rings. The van der Waals surface area contributed by atoms with Crippen LogP contribution in [-0.4, -0.2) is 15.0 Å². The standard InChI is InChI=1S/C35H21N3/c1-2-10-26-22(6-1)12-13-28-27(26)14-15-31-33(28)35-30(29-11-5-19-37-34(29)31)16-17-32(38-35)24-8-3-7-23(20-24)25-9-4-18-36-21-25/h1-21H. The van der Waals surface area contributed by atoms with Crippen LogP contribution in [0.4, 0.5) is 0 Å². The SMILES string of the molecule is c1cncc(-c2cccc(-c3ccc4c5cccnc5c5ccc6c7ccccc7ccc6c5c4n3)c2)c1. The van der Waals surface area contributed by atoms with Gasteiger partial charge < -0.3 is 0 Å². The van der Waals surface area contributed by atoms with Gasteiger partial charge in [-0.25, -0.2) is 4.98 Å². The lowest BCUT2D eigenvalue weighted by Crippen LogP contribution is -1.92. The van der Waals surface area contributed by atoms with Crippen LogP contribution >= 0.6 is 0 Å². The topological polar surface area (TPSA) is 38.7 Å². The van der Waals surface area contributed by atoms with E-state index in [1.54, 1.807) is 6.20 Å². The minimum atomic E-state index is 0.950. The molecule has 0 spiro atoms. The Morgan fingerprint density at radius 2 is 1.21 bits per heavy atom. The van der Waals surface area contributed by atoms with E-state index in [0.29, 0.717) is 0 Å². The van der Waals surface area contributed by atoms with Crippen LogP contribution in [0.15, 0.2) is 128 Å². The zero-order valence-corrected chi connectivity index (χ0v) is 20.5. The highest BCUT2D eigenvalue weighted by Crippen LogP contribution is 2.40. The maximum atomic E-state index is 5.35. The average molecular weight is 484 g/mol. The number of fused-ring (bicyclic) bond motifs is 10. The molecule has 0 radical (unpaired) electrons. The first kappa shape index (κ1) is 21.0. The van der Waals surface area contributed by atoms with E-state index in [1.807, 2.05) is 24.5 Å². The van der Waals surface area contributed by atoms with Crippen LogP contribution in [0.2, 0.25) is 0 Å². The van der Waals surface area contributed by atoms with Crippen molar-refractivity contribution in [2.45, 2.75) is 0 Å². The van der Waals surface area contributed by atoms with Crippen LogP contribution in [0, 0.1) is 0 Å². The lowest BCUT2D eigenvalue weighted by molar-refractivity contribution is 1.33. The second-order valence-electron chi connectivity index (χ2n) is 9.68. The van der Waals surface area contributed by atoms with Crippen molar-refractivity contribution in [3.8, 4) is 22.4 Å². The Bertz CT molecular complexity index is 2180. The molecule has 0 bridgehead atoms. The summed E-state index contributed by atoms with van der Waals surface area (Å²) in [5.41, 5.74) is 6.27. The van der Waals surface area contributed by atoms with E-state index in [-0.39, 0.29) is 0 Å². The summed E-state index contributed by atoms with van der Waals surface area (Å²) < 4.78 is 0. The summed E-state index contributed by atoms with van der Waals surface area (Å²) in [6, 6.07) is 38.6. The van der Waals surface area contributed by atoms with Crippen molar-refractivity contribution in [2.75, 3.05) is 0 Å². The summed E-state index contributed by atoms with van der Waals surface area (Å²) >= 11 is 0. The van der Waals surface area contributed by atoms with Crippen LogP contribution in [0.1, 0.15) is 0 Å². The van der Waals surface area contributed by atoms with E-state index < -0.39 is 0 Å². The molecule has 3 heterocycles. The molecule has 0 aliphatic heterocycles. The van der Waals surface area contributed by atoms with Crippen molar-refractivity contribution in [2.24, 2.45) is 0 Å². The lowest BCUT2D eigenvalue weighted by Gasteiger charge is -2.14. The van der Waals surface area contributed by atoms with Gasteiger partial charge in [0.2, 0.25) is 0 Å². The average Bonchev–Trinajstić information content (AvgIpc) is 3.01. The molecule has 3 aromatic heterocycles. The molecular weight excluding hydrogens is 462 g/mol. The molecule has 0 saturated heterocycles. The third-order valence-electron chi connectivity index (χ3n) is 7.56. The van der Waals surface area contributed by atoms with E-state index >= 15 is 0 Å². The molecule has 3 nitrogen and oxygen atoms in total. The molecule has 38 heavy (non-hydrogen) atoms. The Morgan fingerprint density at radius 1 is 0.447 bits per heavy atom. The molecule has 0 atom stereocenters. The van der Waals surface area contributed by atoms with Crippen LogP contribution in [0.3, 0.4) is 0 Å². The van der Waals surface area contributed by atoms with E-state index in [4.69, 9.17) is 9.97 Å². The molecule has 0 N–H and O–H groups in total. The number of rotatable bonds is 2. The molecule has 0 aliphatic carbocycles. The summed E-state index contributed by atoms with van der Waals surface area (Å²) in [6.07, 6.45) is 5.58. The second kappa shape index (κ2) is 8.19. The number of pyridine rings is 3.